The van der Waals surface area contributed by atoms with E-state index in [1.807, 2.05) is 0 Å². The fourth-order valence-corrected chi connectivity index (χ4v) is 7.79. The zero-order valence-electron chi connectivity index (χ0n) is 26.7. The highest BCUT2D eigenvalue weighted by Crippen LogP contribution is 2.45. The lowest BCUT2D eigenvalue weighted by Gasteiger charge is -2.18. The van der Waals surface area contributed by atoms with Gasteiger partial charge in [-0.15, -0.1) is 0 Å². The van der Waals surface area contributed by atoms with Crippen LogP contribution >= 0.6 is 0 Å². The van der Waals surface area contributed by atoms with Gasteiger partial charge in [-0.1, -0.05) is 158 Å². The van der Waals surface area contributed by atoms with Crippen LogP contribution in [-0.4, -0.2) is 0 Å². The van der Waals surface area contributed by atoms with Crippen molar-refractivity contribution in [3.63, 3.8) is 0 Å². The molecule has 10 aromatic rings. The third-order valence-corrected chi connectivity index (χ3v) is 10.1. The molecule has 10 rings (SSSR count). The van der Waals surface area contributed by atoms with Crippen LogP contribution in [0.15, 0.2) is 186 Å². The molecular weight excluding hydrogens is 593 g/mol. The SMILES string of the molecule is c1ccc(-c2ccc(-c3c4ccccc4c(-c4cccc(-c5ccc6oc7ccc8ccccc8c7c6c5)c4)c4ccccc34)cc2)cc1. The summed E-state index contributed by atoms with van der Waals surface area (Å²) in [5.41, 5.74) is 11.6. The maximum Gasteiger partial charge on any atom is 0.136 e. The van der Waals surface area contributed by atoms with Gasteiger partial charge in [0, 0.05) is 10.8 Å². The highest BCUT2D eigenvalue weighted by Gasteiger charge is 2.18. The van der Waals surface area contributed by atoms with E-state index in [1.54, 1.807) is 0 Å². The largest absolute Gasteiger partial charge is 0.456 e. The van der Waals surface area contributed by atoms with Crippen molar-refractivity contribution in [2.45, 2.75) is 0 Å². The van der Waals surface area contributed by atoms with Crippen molar-refractivity contribution in [1.82, 2.24) is 0 Å². The van der Waals surface area contributed by atoms with Crippen LogP contribution in [0.4, 0.5) is 0 Å². The Morgan fingerprint density at radius 3 is 1.47 bits per heavy atom. The van der Waals surface area contributed by atoms with Gasteiger partial charge in [0.05, 0.1) is 0 Å². The third-order valence-electron chi connectivity index (χ3n) is 10.1. The summed E-state index contributed by atoms with van der Waals surface area (Å²) >= 11 is 0. The standard InChI is InChI=1S/C48H30O/c1-2-11-31(12-3-1)32-21-23-34(24-22-32)46-39-17-6-8-19-41(39)47(42-20-9-7-18-40(42)46)37-15-10-14-35(29-37)36-26-27-44-43(30-36)48-38-16-5-4-13-33(38)25-28-45(48)49-44/h1-30H. The van der Waals surface area contributed by atoms with Crippen molar-refractivity contribution in [2.75, 3.05) is 0 Å². The Kier molecular flexibility index (Phi) is 6.25. The first-order valence-electron chi connectivity index (χ1n) is 16.8. The van der Waals surface area contributed by atoms with E-state index in [2.05, 4.69) is 182 Å². The Hall–Kier alpha value is -6.44. The highest BCUT2D eigenvalue weighted by atomic mass is 16.3. The number of fused-ring (bicyclic) bond motifs is 7. The molecular formula is C48H30O. The Bertz CT molecular complexity index is 2800. The summed E-state index contributed by atoms with van der Waals surface area (Å²) in [7, 11) is 0. The molecule has 0 spiro atoms. The predicted octanol–water partition coefficient (Wildman–Crippen LogP) is 13.7. The van der Waals surface area contributed by atoms with E-state index in [0.29, 0.717) is 0 Å². The quantitative estimate of drug-likeness (QED) is 0.178. The van der Waals surface area contributed by atoms with Gasteiger partial charge >= 0.3 is 0 Å². The molecule has 1 heterocycles. The molecule has 0 bridgehead atoms. The van der Waals surface area contributed by atoms with Gasteiger partial charge in [-0.05, 0) is 101 Å². The second-order valence-corrected chi connectivity index (χ2v) is 12.8. The molecule has 228 valence electrons. The molecule has 0 saturated carbocycles. The number of hydrogen-bond acceptors (Lipinski definition) is 1. The molecule has 1 aromatic heterocycles. The number of benzene rings is 9. The van der Waals surface area contributed by atoms with Gasteiger partial charge < -0.3 is 4.42 Å². The lowest BCUT2D eigenvalue weighted by atomic mass is 9.85. The van der Waals surface area contributed by atoms with Crippen molar-refractivity contribution in [3.05, 3.63) is 182 Å². The van der Waals surface area contributed by atoms with Crippen molar-refractivity contribution in [2.24, 2.45) is 0 Å². The molecule has 0 unspecified atom stereocenters. The van der Waals surface area contributed by atoms with Crippen LogP contribution in [0, 0.1) is 0 Å². The van der Waals surface area contributed by atoms with Crippen molar-refractivity contribution in [3.8, 4) is 44.5 Å². The third kappa shape index (κ3) is 4.47. The smallest absolute Gasteiger partial charge is 0.136 e. The monoisotopic (exact) mass is 622 g/mol. The van der Waals surface area contributed by atoms with Crippen LogP contribution in [0.2, 0.25) is 0 Å². The number of rotatable bonds is 4. The van der Waals surface area contributed by atoms with Crippen molar-refractivity contribution < 1.29 is 4.42 Å². The normalized spacial score (nSPS) is 11.7. The average molecular weight is 623 g/mol. The minimum Gasteiger partial charge on any atom is -0.456 e. The zero-order valence-corrected chi connectivity index (χ0v) is 26.7. The van der Waals surface area contributed by atoms with Crippen LogP contribution in [0.25, 0.3) is 98.8 Å². The minimum atomic E-state index is 0.913. The molecule has 0 radical (unpaired) electrons. The predicted molar refractivity (Wildman–Crippen MR) is 208 cm³/mol. The number of furan rings is 1. The summed E-state index contributed by atoms with van der Waals surface area (Å²) in [5.74, 6) is 0. The summed E-state index contributed by atoms with van der Waals surface area (Å²) in [4.78, 5) is 0. The maximum atomic E-state index is 6.32. The fourth-order valence-electron chi connectivity index (χ4n) is 7.79. The minimum absolute atomic E-state index is 0.913. The number of hydrogen-bond donors (Lipinski definition) is 0. The van der Waals surface area contributed by atoms with Crippen LogP contribution in [0.3, 0.4) is 0 Å². The molecule has 0 aliphatic heterocycles. The fraction of sp³-hybridized carbons (Fsp3) is 0. The van der Waals surface area contributed by atoms with Gasteiger partial charge in [-0.25, -0.2) is 0 Å². The molecule has 1 nitrogen and oxygen atoms in total. The molecule has 0 saturated heterocycles. The van der Waals surface area contributed by atoms with Gasteiger partial charge in [-0.2, -0.15) is 0 Å². The van der Waals surface area contributed by atoms with Crippen molar-refractivity contribution in [1.29, 1.82) is 0 Å². The van der Waals surface area contributed by atoms with E-state index in [-0.39, 0.29) is 0 Å². The molecule has 0 aliphatic rings. The Morgan fingerprint density at radius 1 is 0.265 bits per heavy atom. The first kappa shape index (κ1) is 27.7. The van der Waals surface area contributed by atoms with Crippen molar-refractivity contribution >= 4 is 54.3 Å². The van der Waals surface area contributed by atoms with Gasteiger partial charge in [-0.3, -0.25) is 0 Å². The molecule has 0 aliphatic carbocycles. The molecule has 0 N–H and O–H groups in total. The molecule has 0 atom stereocenters. The van der Waals surface area contributed by atoms with Gasteiger partial charge in [0.2, 0.25) is 0 Å². The van der Waals surface area contributed by atoms with Gasteiger partial charge in [0.15, 0.2) is 0 Å². The second-order valence-electron chi connectivity index (χ2n) is 12.8. The summed E-state index contributed by atoms with van der Waals surface area (Å²) in [6, 6.07) is 65.8. The van der Waals surface area contributed by atoms with E-state index in [4.69, 9.17) is 4.42 Å². The zero-order chi connectivity index (χ0) is 32.3. The van der Waals surface area contributed by atoms with Crippen LogP contribution in [-0.2, 0) is 0 Å². The van der Waals surface area contributed by atoms with Crippen LogP contribution < -0.4 is 0 Å². The molecule has 1 heteroatoms. The molecule has 0 fully saturated rings. The lowest BCUT2D eigenvalue weighted by molar-refractivity contribution is 0.669. The second kappa shape index (κ2) is 11.1. The van der Waals surface area contributed by atoms with E-state index in [1.165, 1.54) is 82.2 Å². The first-order valence-corrected chi connectivity index (χ1v) is 16.8. The van der Waals surface area contributed by atoms with Gasteiger partial charge in [0.1, 0.15) is 11.2 Å². The van der Waals surface area contributed by atoms with E-state index in [9.17, 15) is 0 Å². The Morgan fingerprint density at radius 2 is 0.755 bits per heavy atom. The summed E-state index contributed by atoms with van der Waals surface area (Å²) in [5, 5.41) is 9.78. The Labute approximate surface area is 284 Å². The average Bonchev–Trinajstić information content (AvgIpc) is 3.56. The highest BCUT2D eigenvalue weighted by molar-refractivity contribution is 6.22. The van der Waals surface area contributed by atoms with E-state index in [0.717, 1.165) is 16.6 Å². The first-order chi connectivity index (χ1) is 24.3. The summed E-state index contributed by atoms with van der Waals surface area (Å²) in [6.07, 6.45) is 0. The maximum absolute atomic E-state index is 6.32. The Balaban J connectivity index is 1.15. The molecule has 49 heavy (non-hydrogen) atoms. The van der Waals surface area contributed by atoms with E-state index < -0.39 is 0 Å². The van der Waals surface area contributed by atoms with Gasteiger partial charge in [0.25, 0.3) is 0 Å². The van der Waals surface area contributed by atoms with E-state index >= 15 is 0 Å². The van der Waals surface area contributed by atoms with Crippen LogP contribution in [0.5, 0.6) is 0 Å². The molecule has 9 aromatic carbocycles. The van der Waals surface area contributed by atoms with Crippen LogP contribution in [0.1, 0.15) is 0 Å². The summed E-state index contributed by atoms with van der Waals surface area (Å²) in [6.45, 7) is 0. The topological polar surface area (TPSA) is 13.1 Å². The molecule has 0 amide bonds. The lowest BCUT2D eigenvalue weighted by Crippen LogP contribution is -1.91. The summed E-state index contributed by atoms with van der Waals surface area (Å²) < 4.78 is 6.32.